The monoisotopic (exact) mass is 444 g/mol. The van der Waals surface area contributed by atoms with Crippen molar-refractivity contribution >= 4 is 12.1 Å². The van der Waals surface area contributed by atoms with Crippen molar-refractivity contribution in [1.82, 2.24) is 25.3 Å². The summed E-state index contributed by atoms with van der Waals surface area (Å²) < 4.78 is 20.3. The zero-order valence-electron chi connectivity index (χ0n) is 19.3. The van der Waals surface area contributed by atoms with Gasteiger partial charge in [-0.2, -0.15) is 5.10 Å². The van der Waals surface area contributed by atoms with Crippen LogP contribution in [-0.2, 0) is 11.2 Å². The zero-order chi connectivity index (χ0) is 23.1. The lowest BCUT2D eigenvalue weighted by Gasteiger charge is -2.35. The van der Waals surface area contributed by atoms with E-state index in [4.69, 9.17) is 4.74 Å². The summed E-state index contributed by atoms with van der Waals surface area (Å²) in [6.07, 6.45) is 4.17. The first-order valence-electron chi connectivity index (χ1n) is 11.0. The number of nitrogens with zero attached hydrogens (tertiary/aromatic N) is 4. The van der Waals surface area contributed by atoms with Crippen molar-refractivity contribution < 1.29 is 13.9 Å². The second kappa shape index (κ2) is 10.5. The molecule has 0 aliphatic carbocycles. The third-order valence-electron chi connectivity index (χ3n) is 5.05. The average Bonchev–Trinajstić information content (AvgIpc) is 3.21. The number of likely N-dealkylation sites (tertiary alicyclic amines) is 1. The molecule has 9 heteroatoms. The molecule has 174 valence electrons. The molecule has 0 radical (unpaired) electrons. The minimum atomic E-state index is -0.501. The average molecular weight is 445 g/mol. The lowest BCUT2D eigenvalue weighted by molar-refractivity contribution is 0.0193. The molecule has 32 heavy (non-hydrogen) atoms. The van der Waals surface area contributed by atoms with Crippen molar-refractivity contribution in [3.8, 4) is 5.69 Å². The van der Waals surface area contributed by atoms with Crippen LogP contribution in [-0.4, -0.2) is 65.1 Å². The highest BCUT2D eigenvalue weighted by molar-refractivity contribution is 5.80. The third-order valence-corrected chi connectivity index (χ3v) is 5.05. The van der Waals surface area contributed by atoms with Gasteiger partial charge in [-0.25, -0.2) is 13.9 Å². The number of aliphatic imine (C=N–C) groups is 1. The molecule has 0 spiro atoms. The molecular weight excluding hydrogens is 411 g/mol. The van der Waals surface area contributed by atoms with E-state index in [1.165, 1.54) is 12.1 Å². The summed E-state index contributed by atoms with van der Waals surface area (Å²) >= 11 is 0. The SMILES string of the molecule is CN=C(NCCc1ccn(-c2ccc(F)cc2)n1)NC1CCCN(C(=O)OC(C)(C)C)C1. The first kappa shape index (κ1) is 23.6. The normalized spacial score (nSPS) is 17.2. The van der Waals surface area contributed by atoms with E-state index in [1.54, 1.807) is 28.8 Å². The van der Waals surface area contributed by atoms with Crippen LogP contribution in [0.25, 0.3) is 5.69 Å². The smallest absolute Gasteiger partial charge is 0.410 e. The van der Waals surface area contributed by atoms with Crippen LogP contribution in [0, 0.1) is 5.82 Å². The molecule has 1 atom stereocenters. The van der Waals surface area contributed by atoms with E-state index in [1.807, 2.05) is 33.0 Å². The molecular formula is C23H33FN6O2. The fourth-order valence-corrected chi connectivity index (χ4v) is 3.52. The molecule has 1 aliphatic heterocycles. The van der Waals surface area contributed by atoms with Gasteiger partial charge in [0, 0.05) is 45.3 Å². The number of piperidine rings is 1. The Morgan fingerprint density at radius 1 is 1.28 bits per heavy atom. The van der Waals surface area contributed by atoms with Crippen molar-refractivity contribution in [2.75, 3.05) is 26.7 Å². The summed E-state index contributed by atoms with van der Waals surface area (Å²) in [6, 6.07) is 8.29. The van der Waals surface area contributed by atoms with Gasteiger partial charge in [0.05, 0.1) is 11.4 Å². The van der Waals surface area contributed by atoms with Gasteiger partial charge in [-0.05, 0) is 63.9 Å². The van der Waals surface area contributed by atoms with Crippen LogP contribution in [0.4, 0.5) is 9.18 Å². The predicted molar refractivity (Wildman–Crippen MR) is 123 cm³/mol. The maximum absolute atomic E-state index is 13.1. The molecule has 0 saturated carbocycles. The van der Waals surface area contributed by atoms with Crippen LogP contribution in [0.15, 0.2) is 41.5 Å². The van der Waals surface area contributed by atoms with Crippen molar-refractivity contribution in [2.45, 2.75) is 51.7 Å². The second-order valence-electron chi connectivity index (χ2n) is 8.89. The maximum Gasteiger partial charge on any atom is 0.410 e. The predicted octanol–water partition coefficient (Wildman–Crippen LogP) is 3.12. The molecule has 8 nitrogen and oxygen atoms in total. The highest BCUT2D eigenvalue weighted by Gasteiger charge is 2.28. The number of nitrogens with one attached hydrogen (secondary N) is 2. The number of hydrogen-bond acceptors (Lipinski definition) is 4. The van der Waals surface area contributed by atoms with Crippen LogP contribution in [0.2, 0.25) is 0 Å². The molecule has 1 saturated heterocycles. The number of rotatable bonds is 5. The Morgan fingerprint density at radius 2 is 2.03 bits per heavy atom. The summed E-state index contributed by atoms with van der Waals surface area (Å²) in [5.41, 5.74) is 1.24. The maximum atomic E-state index is 13.1. The van der Waals surface area contributed by atoms with Gasteiger partial charge in [0.2, 0.25) is 0 Å². The Kier molecular flexibility index (Phi) is 7.71. The van der Waals surface area contributed by atoms with E-state index in [0.29, 0.717) is 32.0 Å². The molecule has 1 aromatic carbocycles. The number of carbonyl (C=O) groups is 1. The van der Waals surface area contributed by atoms with Crippen LogP contribution in [0.3, 0.4) is 0 Å². The molecule has 2 aromatic rings. The van der Waals surface area contributed by atoms with Gasteiger partial charge in [0.25, 0.3) is 0 Å². The Balaban J connectivity index is 1.46. The number of aromatic nitrogens is 2. The first-order valence-corrected chi connectivity index (χ1v) is 11.0. The number of ether oxygens (including phenoxy) is 1. The Bertz CT molecular complexity index is 919. The minimum Gasteiger partial charge on any atom is -0.444 e. The molecule has 0 bridgehead atoms. The first-order chi connectivity index (χ1) is 15.2. The van der Waals surface area contributed by atoms with Crippen LogP contribution >= 0.6 is 0 Å². The molecule has 1 aromatic heterocycles. The van der Waals surface area contributed by atoms with Gasteiger partial charge in [0.1, 0.15) is 11.4 Å². The van der Waals surface area contributed by atoms with Crippen molar-refractivity contribution in [2.24, 2.45) is 4.99 Å². The van der Waals surface area contributed by atoms with E-state index in [0.717, 1.165) is 24.2 Å². The van der Waals surface area contributed by atoms with Gasteiger partial charge in [-0.1, -0.05) is 0 Å². The fourth-order valence-electron chi connectivity index (χ4n) is 3.52. The number of amides is 1. The number of halogens is 1. The highest BCUT2D eigenvalue weighted by atomic mass is 19.1. The van der Waals surface area contributed by atoms with Gasteiger partial charge in [0.15, 0.2) is 5.96 Å². The van der Waals surface area contributed by atoms with Crippen molar-refractivity contribution in [1.29, 1.82) is 0 Å². The molecule has 2 heterocycles. The topological polar surface area (TPSA) is 83.8 Å². The van der Waals surface area contributed by atoms with Gasteiger partial charge >= 0.3 is 6.09 Å². The van der Waals surface area contributed by atoms with E-state index in [9.17, 15) is 9.18 Å². The summed E-state index contributed by atoms with van der Waals surface area (Å²) in [7, 11) is 1.73. The zero-order valence-corrected chi connectivity index (χ0v) is 19.3. The number of guanidine groups is 1. The van der Waals surface area contributed by atoms with Gasteiger partial charge in [-0.15, -0.1) is 0 Å². The third kappa shape index (κ3) is 6.96. The fraction of sp³-hybridized carbons (Fsp3) is 0.522. The molecule has 2 N–H and O–H groups in total. The van der Waals surface area contributed by atoms with Crippen molar-refractivity contribution in [3.05, 3.63) is 48.0 Å². The van der Waals surface area contributed by atoms with E-state index in [-0.39, 0.29) is 18.0 Å². The second-order valence-corrected chi connectivity index (χ2v) is 8.89. The highest BCUT2D eigenvalue weighted by Crippen LogP contribution is 2.15. The van der Waals surface area contributed by atoms with E-state index < -0.39 is 5.60 Å². The quantitative estimate of drug-likeness (QED) is 0.547. The van der Waals surface area contributed by atoms with Crippen LogP contribution < -0.4 is 10.6 Å². The summed E-state index contributed by atoms with van der Waals surface area (Å²) in [5.74, 6) is 0.426. The van der Waals surface area contributed by atoms with Crippen LogP contribution in [0.5, 0.6) is 0 Å². The standard InChI is InChI=1S/C23H33FN6O2/c1-23(2,3)32-22(31)29-14-5-6-19(16-29)27-21(25-4)26-13-11-18-12-15-30(28-18)20-9-7-17(24)8-10-20/h7-10,12,15,19H,5-6,11,13-14,16H2,1-4H3,(H2,25,26,27). The van der Waals surface area contributed by atoms with Gasteiger partial charge in [-0.3, -0.25) is 4.99 Å². The number of hydrogen-bond donors (Lipinski definition) is 2. The lowest BCUT2D eigenvalue weighted by Crippen LogP contribution is -2.53. The minimum absolute atomic E-state index is 0.111. The molecule has 1 amide bonds. The summed E-state index contributed by atoms with van der Waals surface area (Å²) in [5, 5.41) is 11.3. The van der Waals surface area contributed by atoms with Crippen LogP contribution in [0.1, 0.15) is 39.3 Å². The van der Waals surface area contributed by atoms with Crippen molar-refractivity contribution in [3.63, 3.8) is 0 Å². The summed E-state index contributed by atoms with van der Waals surface area (Å²) in [4.78, 5) is 18.4. The molecule has 1 aliphatic rings. The van der Waals surface area contributed by atoms with E-state index in [2.05, 4.69) is 20.7 Å². The summed E-state index contributed by atoms with van der Waals surface area (Å²) in [6.45, 7) is 7.56. The molecule has 1 unspecified atom stereocenters. The molecule has 1 fully saturated rings. The lowest BCUT2D eigenvalue weighted by atomic mass is 10.1. The number of carbonyl (C=O) groups excluding carboxylic acids is 1. The van der Waals surface area contributed by atoms with E-state index >= 15 is 0 Å². The number of benzene rings is 1. The molecule has 3 rings (SSSR count). The largest absolute Gasteiger partial charge is 0.444 e. The Hall–Kier alpha value is -3.10. The Morgan fingerprint density at radius 3 is 2.72 bits per heavy atom. The Labute approximate surface area is 188 Å². The van der Waals surface area contributed by atoms with Gasteiger partial charge < -0.3 is 20.3 Å².